The average molecular weight is 240 g/mol. The molecule has 0 unspecified atom stereocenters. The molecule has 1 aromatic carbocycles. The normalized spacial score (nSPS) is 10.2. The van der Waals surface area contributed by atoms with E-state index in [0.29, 0.717) is 11.6 Å². The molecular weight excluding hydrogens is 222 g/mol. The van der Waals surface area contributed by atoms with E-state index in [2.05, 4.69) is 18.8 Å². The van der Waals surface area contributed by atoms with Crippen LogP contribution in [0.5, 0.6) is 5.75 Å². The Morgan fingerprint density at radius 2 is 2.25 bits per heavy atom. The first-order valence-electron chi connectivity index (χ1n) is 5.39. The smallest absolute Gasteiger partial charge is 0.124 e. The van der Waals surface area contributed by atoms with E-state index in [1.807, 2.05) is 25.1 Å². The molecule has 0 aliphatic heterocycles. The molecule has 0 atom stereocenters. The van der Waals surface area contributed by atoms with Crippen LogP contribution in [0.3, 0.4) is 0 Å². The molecule has 0 aliphatic rings. The Balaban J connectivity index is 2.47. The fraction of sp³-hybridized carbons (Fsp3) is 0.385. The number of ether oxygens (including phenoxy) is 1. The SMILES string of the molecule is C=C(CNCC)COc1cc(Cl)ccc1C. The van der Waals surface area contributed by atoms with E-state index in [-0.39, 0.29) is 0 Å². The van der Waals surface area contributed by atoms with Gasteiger partial charge < -0.3 is 10.1 Å². The van der Waals surface area contributed by atoms with Crippen molar-refractivity contribution < 1.29 is 4.74 Å². The molecule has 0 aliphatic carbocycles. The molecule has 0 fully saturated rings. The molecule has 1 aromatic rings. The Hall–Kier alpha value is -0.990. The Morgan fingerprint density at radius 3 is 2.94 bits per heavy atom. The van der Waals surface area contributed by atoms with Crippen molar-refractivity contribution in [1.82, 2.24) is 5.32 Å². The number of likely N-dealkylation sites (N-methyl/N-ethyl adjacent to an activating group) is 1. The molecule has 0 bridgehead atoms. The molecule has 0 amide bonds. The molecule has 1 N–H and O–H groups in total. The second kappa shape index (κ2) is 6.56. The second-order valence-corrected chi connectivity index (χ2v) is 4.17. The summed E-state index contributed by atoms with van der Waals surface area (Å²) in [6.45, 7) is 10.3. The van der Waals surface area contributed by atoms with Crippen LogP contribution in [0.4, 0.5) is 0 Å². The van der Waals surface area contributed by atoms with Crippen LogP contribution < -0.4 is 10.1 Å². The Bertz CT molecular complexity index is 363. The lowest BCUT2D eigenvalue weighted by Gasteiger charge is -2.11. The van der Waals surface area contributed by atoms with Crippen molar-refractivity contribution in [2.45, 2.75) is 13.8 Å². The van der Waals surface area contributed by atoms with E-state index in [9.17, 15) is 0 Å². The Labute approximate surface area is 102 Å². The molecule has 0 spiro atoms. The third-order valence-electron chi connectivity index (χ3n) is 2.21. The van der Waals surface area contributed by atoms with Gasteiger partial charge in [-0.15, -0.1) is 0 Å². The zero-order chi connectivity index (χ0) is 12.0. The molecule has 2 nitrogen and oxygen atoms in total. The molecule has 16 heavy (non-hydrogen) atoms. The van der Waals surface area contributed by atoms with Crippen molar-refractivity contribution >= 4 is 11.6 Å². The topological polar surface area (TPSA) is 21.3 Å². The third-order valence-corrected chi connectivity index (χ3v) is 2.44. The zero-order valence-corrected chi connectivity index (χ0v) is 10.6. The van der Waals surface area contributed by atoms with E-state index in [4.69, 9.17) is 16.3 Å². The summed E-state index contributed by atoms with van der Waals surface area (Å²) in [5, 5.41) is 3.90. The van der Waals surface area contributed by atoms with E-state index < -0.39 is 0 Å². The van der Waals surface area contributed by atoms with Gasteiger partial charge in [-0.25, -0.2) is 0 Å². The third kappa shape index (κ3) is 4.25. The first-order valence-corrected chi connectivity index (χ1v) is 5.77. The maximum atomic E-state index is 5.90. The largest absolute Gasteiger partial charge is 0.489 e. The minimum Gasteiger partial charge on any atom is -0.489 e. The van der Waals surface area contributed by atoms with Crippen molar-refractivity contribution in [3.63, 3.8) is 0 Å². The van der Waals surface area contributed by atoms with Gasteiger partial charge in [0.25, 0.3) is 0 Å². The summed E-state index contributed by atoms with van der Waals surface area (Å²) in [7, 11) is 0. The van der Waals surface area contributed by atoms with Crippen molar-refractivity contribution in [3.8, 4) is 5.75 Å². The molecule has 3 heteroatoms. The molecule has 0 radical (unpaired) electrons. The fourth-order valence-corrected chi connectivity index (χ4v) is 1.42. The summed E-state index contributed by atoms with van der Waals surface area (Å²) in [5.74, 6) is 0.824. The highest BCUT2D eigenvalue weighted by Gasteiger charge is 2.01. The van der Waals surface area contributed by atoms with Crippen molar-refractivity contribution in [3.05, 3.63) is 40.9 Å². The summed E-state index contributed by atoms with van der Waals surface area (Å²) >= 11 is 5.90. The van der Waals surface area contributed by atoms with Crippen LogP contribution in [0.2, 0.25) is 5.02 Å². The highest BCUT2D eigenvalue weighted by atomic mass is 35.5. The molecule has 88 valence electrons. The number of hydrogen-bond acceptors (Lipinski definition) is 2. The number of halogens is 1. The van der Waals surface area contributed by atoms with Gasteiger partial charge in [0.05, 0.1) is 0 Å². The maximum absolute atomic E-state index is 5.90. The first kappa shape index (κ1) is 13.1. The van der Waals surface area contributed by atoms with E-state index in [1.165, 1.54) is 0 Å². The summed E-state index contributed by atoms with van der Waals surface area (Å²) in [5.41, 5.74) is 2.11. The lowest BCUT2D eigenvalue weighted by atomic mass is 10.2. The van der Waals surface area contributed by atoms with E-state index in [0.717, 1.165) is 30.0 Å². The van der Waals surface area contributed by atoms with Gasteiger partial charge in [-0.2, -0.15) is 0 Å². The van der Waals surface area contributed by atoms with Gasteiger partial charge in [-0.3, -0.25) is 0 Å². The highest BCUT2D eigenvalue weighted by molar-refractivity contribution is 6.30. The van der Waals surface area contributed by atoms with Gasteiger partial charge in [0.1, 0.15) is 12.4 Å². The second-order valence-electron chi connectivity index (χ2n) is 3.73. The number of benzene rings is 1. The van der Waals surface area contributed by atoms with Gasteiger partial charge in [0, 0.05) is 11.6 Å². The van der Waals surface area contributed by atoms with Gasteiger partial charge in [0.2, 0.25) is 0 Å². The van der Waals surface area contributed by atoms with Crippen LogP contribution in [0.25, 0.3) is 0 Å². The van der Waals surface area contributed by atoms with Crippen LogP contribution in [-0.4, -0.2) is 19.7 Å². The summed E-state index contributed by atoms with van der Waals surface area (Å²) < 4.78 is 5.65. The average Bonchev–Trinajstić information content (AvgIpc) is 2.27. The zero-order valence-electron chi connectivity index (χ0n) is 9.85. The van der Waals surface area contributed by atoms with Crippen LogP contribution in [-0.2, 0) is 0 Å². The van der Waals surface area contributed by atoms with E-state index in [1.54, 1.807) is 0 Å². The standard InChI is InChI=1S/C13H18ClNO/c1-4-15-8-10(2)9-16-13-7-12(14)6-5-11(13)3/h5-7,15H,2,4,8-9H2,1,3H3. The van der Waals surface area contributed by atoms with Crippen LogP contribution in [0.1, 0.15) is 12.5 Å². The minimum absolute atomic E-state index is 0.522. The van der Waals surface area contributed by atoms with Crippen LogP contribution in [0.15, 0.2) is 30.4 Å². The lowest BCUT2D eigenvalue weighted by molar-refractivity contribution is 0.346. The fourth-order valence-electron chi connectivity index (χ4n) is 1.26. The van der Waals surface area contributed by atoms with Crippen molar-refractivity contribution in [1.29, 1.82) is 0 Å². The number of nitrogens with one attached hydrogen (secondary N) is 1. The number of hydrogen-bond donors (Lipinski definition) is 1. The number of aryl methyl sites for hydroxylation is 1. The summed E-state index contributed by atoms with van der Waals surface area (Å²) in [6.07, 6.45) is 0. The van der Waals surface area contributed by atoms with Gasteiger partial charge >= 0.3 is 0 Å². The van der Waals surface area contributed by atoms with Gasteiger partial charge in [-0.1, -0.05) is 31.2 Å². The number of rotatable bonds is 6. The monoisotopic (exact) mass is 239 g/mol. The first-order chi connectivity index (χ1) is 7.63. The Kier molecular flexibility index (Phi) is 5.36. The van der Waals surface area contributed by atoms with Crippen molar-refractivity contribution in [2.75, 3.05) is 19.7 Å². The Morgan fingerprint density at radius 1 is 1.50 bits per heavy atom. The molecule has 1 rings (SSSR count). The molecule has 0 heterocycles. The lowest BCUT2D eigenvalue weighted by Crippen LogP contribution is -2.18. The highest BCUT2D eigenvalue weighted by Crippen LogP contribution is 2.22. The predicted molar refractivity (Wildman–Crippen MR) is 69.4 cm³/mol. The molecular formula is C13H18ClNO. The molecule has 0 saturated heterocycles. The maximum Gasteiger partial charge on any atom is 0.124 e. The summed E-state index contributed by atoms with van der Waals surface area (Å²) in [6, 6.07) is 5.64. The molecule has 0 aromatic heterocycles. The summed E-state index contributed by atoms with van der Waals surface area (Å²) in [4.78, 5) is 0. The van der Waals surface area contributed by atoms with Gasteiger partial charge in [0.15, 0.2) is 0 Å². The predicted octanol–water partition coefficient (Wildman–Crippen LogP) is 3.19. The quantitative estimate of drug-likeness (QED) is 0.770. The van der Waals surface area contributed by atoms with Crippen molar-refractivity contribution in [2.24, 2.45) is 0 Å². The van der Waals surface area contributed by atoms with Gasteiger partial charge in [-0.05, 0) is 36.7 Å². The minimum atomic E-state index is 0.522. The van der Waals surface area contributed by atoms with Crippen LogP contribution in [0, 0.1) is 6.92 Å². The molecule has 0 saturated carbocycles. The van der Waals surface area contributed by atoms with Crippen LogP contribution >= 0.6 is 11.6 Å². The van der Waals surface area contributed by atoms with E-state index >= 15 is 0 Å².